The molecule has 0 unspecified atom stereocenters. The summed E-state index contributed by atoms with van der Waals surface area (Å²) in [6.07, 6.45) is 0. The second-order valence-corrected chi connectivity index (χ2v) is 8.84. The molecule has 0 saturated heterocycles. The Kier molecular flexibility index (Phi) is 9.76. The summed E-state index contributed by atoms with van der Waals surface area (Å²) in [7, 11) is -8.88. The number of phenolic OH excluding ortho intramolecular Hbond substituents is 1. The average Bonchev–Trinajstić information content (AvgIpc) is 2.74. The molecule has 0 radical (unpaired) electrons. The van der Waals surface area contributed by atoms with Crippen LogP contribution in [-0.2, 0) is 10.1 Å². The number of benzene rings is 3. The summed E-state index contributed by atoms with van der Waals surface area (Å²) < 4.78 is 61.4. The number of rotatable bonds is 4. The molecule has 0 aliphatic carbocycles. The van der Waals surface area contributed by atoms with Crippen LogP contribution >= 0.6 is 10.9 Å². The summed E-state index contributed by atoms with van der Waals surface area (Å²) in [4.78, 5) is -0.986. The lowest BCUT2D eigenvalue weighted by molar-refractivity contribution is 0.375. The molecule has 0 aliphatic rings. The molecule has 176 valence electrons. The molecular formula is C21H28N2O7S2. The number of fused-ring (bicyclic) bond motifs is 1. The highest BCUT2D eigenvalue weighted by Gasteiger charge is 2.26. The van der Waals surface area contributed by atoms with Gasteiger partial charge in [-0.05, 0) is 48.2 Å². The second-order valence-electron chi connectivity index (χ2n) is 5.94. The van der Waals surface area contributed by atoms with E-state index in [0.717, 1.165) is 18.2 Å². The Morgan fingerprint density at radius 3 is 1.88 bits per heavy atom. The highest BCUT2D eigenvalue weighted by Crippen LogP contribution is 2.54. The van der Waals surface area contributed by atoms with Crippen molar-refractivity contribution in [2.24, 2.45) is 10.2 Å². The average molecular weight is 485 g/mol. The maximum Gasteiger partial charge on any atom is 0.294 e. The van der Waals surface area contributed by atoms with Crippen molar-refractivity contribution in [2.45, 2.75) is 44.4 Å². The quantitative estimate of drug-likeness (QED) is 0.194. The van der Waals surface area contributed by atoms with Gasteiger partial charge in [-0.15, -0.1) is 5.11 Å². The molecule has 0 aromatic heterocycles. The van der Waals surface area contributed by atoms with E-state index in [1.165, 1.54) is 6.92 Å². The number of hydrogen-bond acceptors (Lipinski definition) is 8. The molecule has 0 amide bonds. The Morgan fingerprint density at radius 1 is 0.812 bits per heavy atom. The summed E-state index contributed by atoms with van der Waals surface area (Å²) in [6.45, 7) is 9.49. The van der Waals surface area contributed by atoms with Crippen LogP contribution in [0.25, 0.3) is 10.8 Å². The molecule has 3 aromatic rings. The molecule has 0 atom stereocenters. The number of aromatic hydroxyl groups is 1. The van der Waals surface area contributed by atoms with Gasteiger partial charge in [-0.25, -0.2) is 0 Å². The number of azo groups is 1. The van der Waals surface area contributed by atoms with Crippen LogP contribution in [0.1, 0.15) is 33.3 Å². The molecule has 0 bridgehead atoms. The van der Waals surface area contributed by atoms with Gasteiger partial charge in [0.25, 0.3) is 10.1 Å². The Hall–Kier alpha value is -2.54. The Labute approximate surface area is 189 Å². The normalized spacial score (nSPS) is 12.0. The van der Waals surface area contributed by atoms with Gasteiger partial charge in [0.2, 0.25) is 0 Å². The fourth-order valence-corrected chi connectivity index (χ4v) is 4.00. The fraction of sp³-hybridized carbons (Fsp3) is 0.238. The lowest BCUT2D eigenvalue weighted by Gasteiger charge is -2.22. The van der Waals surface area contributed by atoms with E-state index in [2.05, 4.69) is 10.2 Å². The number of nitrogens with zero attached hydrogens (tertiary/aromatic N) is 2. The first-order chi connectivity index (χ1) is 15.0. The summed E-state index contributed by atoms with van der Waals surface area (Å²) in [5.74, 6) is -0.527. The van der Waals surface area contributed by atoms with Crippen LogP contribution in [0.2, 0.25) is 0 Å². The molecule has 32 heavy (non-hydrogen) atoms. The van der Waals surface area contributed by atoms with Gasteiger partial charge in [0.15, 0.2) is 5.75 Å². The van der Waals surface area contributed by atoms with Gasteiger partial charge >= 0.3 is 0 Å². The van der Waals surface area contributed by atoms with Crippen LogP contribution in [0.15, 0.2) is 68.6 Å². The summed E-state index contributed by atoms with van der Waals surface area (Å²) >= 11 is 0. The van der Waals surface area contributed by atoms with Gasteiger partial charge in [0.05, 0.1) is 15.5 Å². The fourth-order valence-electron chi connectivity index (χ4n) is 2.72. The van der Waals surface area contributed by atoms with Crippen LogP contribution in [0.3, 0.4) is 0 Å². The van der Waals surface area contributed by atoms with Crippen molar-refractivity contribution < 1.29 is 31.7 Å². The van der Waals surface area contributed by atoms with E-state index in [1.54, 1.807) is 30.3 Å². The Balaban J connectivity index is 0.00000121. The molecule has 9 nitrogen and oxygen atoms in total. The van der Waals surface area contributed by atoms with E-state index < -0.39 is 36.5 Å². The van der Waals surface area contributed by atoms with E-state index in [4.69, 9.17) is 0 Å². The molecule has 11 heteroatoms. The molecule has 5 N–H and O–H groups in total. The first kappa shape index (κ1) is 27.5. The highest BCUT2D eigenvalue weighted by molar-refractivity contribution is 8.19. The zero-order valence-corrected chi connectivity index (χ0v) is 20.0. The first-order valence-corrected chi connectivity index (χ1v) is 12.7. The molecule has 0 spiro atoms. The molecule has 3 aromatic carbocycles. The maximum absolute atomic E-state index is 11.4. The minimum Gasteiger partial charge on any atom is -0.505 e. The van der Waals surface area contributed by atoms with Crippen LogP contribution in [0.4, 0.5) is 11.4 Å². The van der Waals surface area contributed by atoms with E-state index in [1.807, 2.05) is 27.7 Å². The van der Waals surface area contributed by atoms with E-state index in [-0.39, 0.29) is 22.0 Å². The van der Waals surface area contributed by atoms with E-state index >= 15 is 0 Å². The first-order valence-electron chi connectivity index (χ1n) is 9.74. The smallest absolute Gasteiger partial charge is 0.294 e. The van der Waals surface area contributed by atoms with Crippen LogP contribution < -0.4 is 0 Å². The molecule has 0 saturated carbocycles. The predicted molar refractivity (Wildman–Crippen MR) is 127 cm³/mol. The minimum absolute atomic E-state index is 0.0489. The van der Waals surface area contributed by atoms with Crippen LogP contribution in [0.5, 0.6) is 5.75 Å². The third kappa shape index (κ3) is 6.48. The van der Waals surface area contributed by atoms with Gasteiger partial charge in [-0.3, -0.25) is 4.55 Å². The lowest BCUT2D eigenvalue weighted by atomic mass is 10.0. The second kappa shape index (κ2) is 11.4. The van der Waals surface area contributed by atoms with Crippen molar-refractivity contribution in [2.75, 3.05) is 0 Å². The summed E-state index contributed by atoms with van der Waals surface area (Å²) in [5, 5.41) is 18.6. The maximum atomic E-state index is 11.4. The summed E-state index contributed by atoms with van der Waals surface area (Å²) in [5.41, 5.74) is 0.321. The Bertz CT molecular complexity index is 1190. The standard InChI is InChI=1S/C17H16N2O7S2.2C2H6/c1-10-7-13(27(21,22)23)8-11-9-14(28(24,25)26)16(17(20)15(10)11)19-18-12-5-3-2-4-6-12;2*1-2/h2-9,20,24-26H,1H3,(H,21,22,23);2*1-2H3. The topological polar surface area (TPSA) is 160 Å². The number of aryl methyl sites for hydroxylation is 1. The number of hydrogen-bond donors (Lipinski definition) is 5. The third-order valence-corrected chi connectivity index (χ3v) is 5.67. The van der Waals surface area contributed by atoms with Crippen molar-refractivity contribution in [1.29, 1.82) is 0 Å². The Morgan fingerprint density at radius 2 is 1.38 bits per heavy atom. The zero-order valence-electron chi connectivity index (χ0n) is 18.4. The van der Waals surface area contributed by atoms with Crippen molar-refractivity contribution >= 4 is 43.1 Å². The molecule has 0 fully saturated rings. The molecule has 0 heterocycles. The van der Waals surface area contributed by atoms with Gasteiger partial charge in [0, 0.05) is 5.39 Å². The largest absolute Gasteiger partial charge is 0.505 e. The highest BCUT2D eigenvalue weighted by atomic mass is 32.3. The van der Waals surface area contributed by atoms with Gasteiger partial charge in [0.1, 0.15) is 16.6 Å². The monoisotopic (exact) mass is 484 g/mol. The SMILES string of the molecule is CC.CC.Cc1cc(S(=O)(=O)O)cc2cc(S(O)(O)O)c(N=Nc3ccccc3)c(O)c12. The minimum atomic E-state index is -4.54. The predicted octanol–water partition coefficient (Wildman–Crippen LogP) is 7.15. The summed E-state index contributed by atoms with van der Waals surface area (Å²) in [6, 6.07) is 11.7. The molecule has 3 rings (SSSR count). The number of phenols is 1. The van der Waals surface area contributed by atoms with Gasteiger partial charge in [-0.2, -0.15) is 13.5 Å². The van der Waals surface area contributed by atoms with Crippen molar-refractivity contribution in [3.8, 4) is 5.75 Å². The van der Waals surface area contributed by atoms with E-state index in [9.17, 15) is 31.7 Å². The van der Waals surface area contributed by atoms with Gasteiger partial charge in [-0.1, -0.05) is 45.9 Å². The van der Waals surface area contributed by atoms with Gasteiger partial charge < -0.3 is 18.8 Å². The zero-order chi connectivity index (χ0) is 24.7. The molecular weight excluding hydrogens is 456 g/mol. The van der Waals surface area contributed by atoms with Crippen molar-refractivity contribution in [3.05, 3.63) is 54.1 Å². The van der Waals surface area contributed by atoms with Crippen LogP contribution in [0, 0.1) is 6.92 Å². The van der Waals surface area contributed by atoms with Crippen LogP contribution in [-0.4, -0.2) is 31.7 Å². The van der Waals surface area contributed by atoms with Crippen molar-refractivity contribution in [3.63, 3.8) is 0 Å². The molecule has 0 aliphatic heterocycles. The van der Waals surface area contributed by atoms with E-state index in [0.29, 0.717) is 5.69 Å². The third-order valence-electron chi connectivity index (χ3n) is 3.94. The van der Waals surface area contributed by atoms with Crippen molar-refractivity contribution in [1.82, 2.24) is 0 Å². The lowest BCUT2D eigenvalue weighted by Crippen LogP contribution is -2.00.